The third kappa shape index (κ3) is 4.28. The number of carbonyl (C=O) groups is 2. The van der Waals surface area contributed by atoms with Crippen LogP contribution < -0.4 is 4.90 Å². The van der Waals surface area contributed by atoms with Crippen molar-refractivity contribution in [1.29, 1.82) is 0 Å². The number of benzene rings is 3. The molecule has 0 saturated carbocycles. The van der Waals surface area contributed by atoms with Crippen molar-refractivity contribution in [2.75, 3.05) is 4.90 Å². The number of aliphatic hydroxyl groups is 1. The SMILES string of the molecule is O=C1C(=O)N(c2cccc(C(F)(F)F)c2)[C@H](c2ccc(F)cc2)C1=C(O)c1ccc(Br)cc1. The maximum absolute atomic E-state index is 13.6. The number of alkyl halides is 3. The molecule has 1 N–H and O–H groups in total. The zero-order valence-corrected chi connectivity index (χ0v) is 18.2. The summed E-state index contributed by atoms with van der Waals surface area (Å²) in [7, 11) is 0. The fraction of sp³-hybridized carbons (Fsp3) is 0.0833. The van der Waals surface area contributed by atoms with Crippen LogP contribution in [0, 0.1) is 5.82 Å². The number of nitrogens with zero attached hydrogens (tertiary/aromatic N) is 1. The van der Waals surface area contributed by atoms with Crippen LogP contribution in [0.4, 0.5) is 23.2 Å². The molecule has 4 nitrogen and oxygen atoms in total. The summed E-state index contributed by atoms with van der Waals surface area (Å²) >= 11 is 3.26. The van der Waals surface area contributed by atoms with Gasteiger partial charge in [0.2, 0.25) is 0 Å². The van der Waals surface area contributed by atoms with Crippen LogP contribution in [0.5, 0.6) is 0 Å². The summed E-state index contributed by atoms with van der Waals surface area (Å²) in [6.07, 6.45) is -4.67. The summed E-state index contributed by atoms with van der Waals surface area (Å²) < 4.78 is 54.1. The van der Waals surface area contributed by atoms with E-state index in [9.17, 15) is 32.3 Å². The molecule has 33 heavy (non-hydrogen) atoms. The Morgan fingerprint density at radius 3 is 2.18 bits per heavy atom. The van der Waals surface area contributed by atoms with E-state index in [1.807, 2.05) is 0 Å². The number of aliphatic hydroxyl groups excluding tert-OH is 1. The van der Waals surface area contributed by atoms with Crippen molar-refractivity contribution in [2.45, 2.75) is 12.2 Å². The van der Waals surface area contributed by atoms with E-state index in [0.717, 1.165) is 35.2 Å². The zero-order valence-electron chi connectivity index (χ0n) is 16.6. The van der Waals surface area contributed by atoms with Gasteiger partial charge in [-0.3, -0.25) is 14.5 Å². The van der Waals surface area contributed by atoms with Crippen molar-refractivity contribution in [1.82, 2.24) is 0 Å². The molecule has 9 heteroatoms. The summed E-state index contributed by atoms with van der Waals surface area (Å²) in [6.45, 7) is 0. The lowest BCUT2D eigenvalue weighted by molar-refractivity contribution is -0.137. The molecule has 3 aromatic carbocycles. The number of carbonyl (C=O) groups excluding carboxylic acids is 2. The smallest absolute Gasteiger partial charge is 0.416 e. The highest BCUT2D eigenvalue weighted by Crippen LogP contribution is 2.43. The molecule has 1 heterocycles. The predicted octanol–water partition coefficient (Wildman–Crippen LogP) is 6.23. The fourth-order valence-electron chi connectivity index (χ4n) is 3.65. The van der Waals surface area contributed by atoms with E-state index < -0.39 is 41.0 Å². The quantitative estimate of drug-likeness (QED) is 0.193. The predicted molar refractivity (Wildman–Crippen MR) is 117 cm³/mol. The van der Waals surface area contributed by atoms with E-state index in [2.05, 4.69) is 15.9 Å². The van der Waals surface area contributed by atoms with Gasteiger partial charge in [-0.25, -0.2) is 4.39 Å². The first-order valence-corrected chi connectivity index (χ1v) is 10.4. The second kappa shape index (κ2) is 8.47. The van der Waals surface area contributed by atoms with Crippen LogP contribution in [-0.4, -0.2) is 16.8 Å². The summed E-state index contributed by atoms with van der Waals surface area (Å²) in [6, 6.07) is 13.8. The van der Waals surface area contributed by atoms with Gasteiger partial charge in [-0.15, -0.1) is 0 Å². The molecule has 4 rings (SSSR count). The fourth-order valence-corrected chi connectivity index (χ4v) is 3.92. The standard InChI is InChI=1S/C24H14BrF4NO3/c25-16-8-4-14(5-9-16)21(31)19-20(13-6-10-17(26)11-7-13)30(23(33)22(19)32)18-3-1-2-15(12-18)24(27,28)29/h1-12,20,31H/t20-/m1/s1. The molecular formula is C24H14BrF4NO3. The number of Topliss-reactive ketones (excluding diaryl/α,β-unsaturated/α-hetero) is 1. The maximum atomic E-state index is 13.6. The molecular weight excluding hydrogens is 506 g/mol. The second-order valence-electron chi connectivity index (χ2n) is 7.28. The third-order valence-electron chi connectivity index (χ3n) is 5.20. The first-order chi connectivity index (χ1) is 15.6. The van der Waals surface area contributed by atoms with Crippen molar-refractivity contribution < 1.29 is 32.3 Å². The van der Waals surface area contributed by atoms with Gasteiger partial charge in [0.05, 0.1) is 17.2 Å². The van der Waals surface area contributed by atoms with Crippen molar-refractivity contribution in [3.05, 3.63) is 105 Å². The number of halogens is 5. The van der Waals surface area contributed by atoms with Crippen LogP contribution in [0.25, 0.3) is 5.76 Å². The normalized spacial score (nSPS) is 18.1. The van der Waals surface area contributed by atoms with Gasteiger partial charge in [0, 0.05) is 15.7 Å². The summed E-state index contributed by atoms with van der Waals surface area (Å²) in [4.78, 5) is 26.9. The number of amides is 1. The summed E-state index contributed by atoms with van der Waals surface area (Å²) in [5.41, 5.74) is -1.03. The Kier molecular flexibility index (Phi) is 5.84. The average Bonchev–Trinajstić information content (AvgIpc) is 3.04. The first kappa shape index (κ1) is 22.7. The van der Waals surface area contributed by atoms with Crippen LogP contribution in [0.2, 0.25) is 0 Å². The van der Waals surface area contributed by atoms with Gasteiger partial charge in [-0.05, 0) is 48.0 Å². The molecule has 0 aliphatic carbocycles. The van der Waals surface area contributed by atoms with Crippen LogP contribution >= 0.6 is 15.9 Å². The van der Waals surface area contributed by atoms with Crippen LogP contribution in [-0.2, 0) is 15.8 Å². The molecule has 0 unspecified atom stereocenters. The van der Waals surface area contributed by atoms with Gasteiger partial charge in [-0.1, -0.05) is 46.3 Å². The maximum Gasteiger partial charge on any atom is 0.416 e. The molecule has 0 aromatic heterocycles. The summed E-state index contributed by atoms with van der Waals surface area (Å²) in [5, 5.41) is 10.9. The molecule has 0 spiro atoms. The van der Waals surface area contributed by atoms with Crippen molar-refractivity contribution >= 4 is 39.1 Å². The molecule has 168 valence electrons. The van der Waals surface area contributed by atoms with Crippen LogP contribution in [0.1, 0.15) is 22.7 Å². The lowest BCUT2D eigenvalue weighted by atomic mass is 9.95. The molecule has 1 amide bonds. The minimum atomic E-state index is -4.67. The van der Waals surface area contributed by atoms with E-state index in [0.29, 0.717) is 4.47 Å². The average molecular weight is 520 g/mol. The summed E-state index contributed by atoms with van der Waals surface area (Å²) in [5.74, 6) is -3.25. The minimum absolute atomic E-state index is 0.184. The minimum Gasteiger partial charge on any atom is -0.507 e. The van der Waals surface area contributed by atoms with E-state index in [-0.39, 0.29) is 22.4 Å². The highest BCUT2D eigenvalue weighted by atomic mass is 79.9. The number of hydrogen-bond donors (Lipinski definition) is 1. The molecule has 0 bridgehead atoms. The Hall–Kier alpha value is -3.46. The van der Waals surface area contributed by atoms with Gasteiger partial charge in [0.15, 0.2) is 0 Å². The van der Waals surface area contributed by atoms with E-state index in [1.165, 1.54) is 30.3 Å². The highest BCUT2D eigenvalue weighted by Gasteiger charge is 2.47. The van der Waals surface area contributed by atoms with Gasteiger partial charge in [-0.2, -0.15) is 13.2 Å². The Bertz CT molecular complexity index is 1270. The molecule has 1 fully saturated rings. The van der Waals surface area contributed by atoms with Crippen molar-refractivity contribution in [3.63, 3.8) is 0 Å². The topological polar surface area (TPSA) is 57.6 Å². The van der Waals surface area contributed by atoms with Gasteiger partial charge < -0.3 is 5.11 Å². The third-order valence-corrected chi connectivity index (χ3v) is 5.73. The van der Waals surface area contributed by atoms with E-state index in [4.69, 9.17) is 0 Å². The largest absolute Gasteiger partial charge is 0.507 e. The van der Waals surface area contributed by atoms with Crippen LogP contribution in [0.3, 0.4) is 0 Å². The second-order valence-corrected chi connectivity index (χ2v) is 8.19. The zero-order chi connectivity index (χ0) is 23.9. The number of rotatable bonds is 3. The molecule has 3 aromatic rings. The monoisotopic (exact) mass is 519 g/mol. The Balaban J connectivity index is 1.94. The Morgan fingerprint density at radius 1 is 0.939 bits per heavy atom. The highest BCUT2D eigenvalue weighted by molar-refractivity contribution is 9.10. The van der Waals surface area contributed by atoms with E-state index in [1.54, 1.807) is 12.1 Å². The van der Waals surface area contributed by atoms with Gasteiger partial charge in [0.25, 0.3) is 11.7 Å². The molecule has 0 radical (unpaired) electrons. The van der Waals surface area contributed by atoms with Gasteiger partial charge in [0.1, 0.15) is 11.6 Å². The number of ketones is 1. The Morgan fingerprint density at radius 2 is 1.58 bits per heavy atom. The van der Waals surface area contributed by atoms with Crippen LogP contribution in [0.15, 0.2) is 82.8 Å². The van der Waals surface area contributed by atoms with Crippen molar-refractivity contribution in [3.8, 4) is 0 Å². The molecule has 1 aliphatic heterocycles. The molecule has 1 aliphatic rings. The lowest BCUT2D eigenvalue weighted by Crippen LogP contribution is -2.29. The first-order valence-electron chi connectivity index (χ1n) is 9.57. The molecule has 1 saturated heterocycles. The molecule has 1 atom stereocenters. The van der Waals surface area contributed by atoms with E-state index >= 15 is 0 Å². The van der Waals surface area contributed by atoms with Gasteiger partial charge >= 0.3 is 6.18 Å². The lowest BCUT2D eigenvalue weighted by Gasteiger charge is -2.26. The Labute approximate surface area is 193 Å². The van der Waals surface area contributed by atoms with Crippen molar-refractivity contribution in [2.24, 2.45) is 0 Å². The number of hydrogen-bond acceptors (Lipinski definition) is 3. The number of anilines is 1.